The molecule has 29 heavy (non-hydrogen) atoms. The lowest BCUT2D eigenvalue weighted by atomic mass is 10.1. The fourth-order valence-corrected chi connectivity index (χ4v) is 4.24. The Morgan fingerprint density at radius 3 is 2.72 bits per heavy atom. The minimum absolute atomic E-state index is 0.0996. The van der Waals surface area contributed by atoms with Gasteiger partial charge in [0.25, 0.3) is 0 Å². The molecule has 0 saturated heterocycles. The lowest BCUT2D eigenvalue weighted by molar-refractivity contribution is -0.113. The van der Waals surface area contributed by atoms with E-state index in [1.165, 1.54) is 11.8 Å². The number of anilines is 1. The zero-order chi connectivity index (χ0) is 20.2. The van der Waals surface area contributed by atoms with Crippen LogP contribution in [0.3, 0.4) is 0 Å². The van der Waals surface area contributed by atoms with Crippen LogP contribution in [0.5, 0.6) is 0 Å². The van der Waals surface area contributed by atoms with Gasteiger partial charge < -0.3 is 9.73 Å². The quantitative estimate of drug-likeness (QED) is 0.431. The fraction of sp³-hybridized carbons (Fsp3) is 0.200. The third kappa shape index (κ3) is 4.41. The van der Waals surface area contributed by atoms with E-state index in [2.05, 4.69) is 20.5 Å². The summed E-state index contributed by atoms with van der Waals surface area (Å²) >= 11 is 2.97. The molecule has 0 radical (unpaired) electrons. The van der Waals surface area contributed by atoms with Crippen LogP contribution < -0.4 is 5.32 Å². The molecular formula is C20H19N5O2S2. The molecular weight excluding hydrogens is 406 g/mol. The number of benzene rings is 1. The molecule has 0 spiro atoms. The number of hydrogen-bond donors (Lipinski definition) is 1. The molecule has 3 heterocycles. The van der Waals surface area contributed by atoms with E-state index in [0.717, 1.165) is 22.0 Å². The van der Waals surface area contributed by atoms with Crippen LogP contribution >= 0.6 is 23.1 Å². The van der Waals surface area contributed by atoms with E-state index in [-0.39, 0.29) is 11.7 Å². The van der Waals surface area contributed by atoms with Crippen LogP contribution in [-0.4, -0.2) is 31.4 Å². The first-order valence-corrected chi connectivity index (χ1v) is 10.9. The highest BCUT2D eigenvalue weighted by Gasteiger charge is 2.16. The maximum absolute atomic E-state index is 12.4. The van der Waals surface area contributed by atoms with Crippen LogP contribution in [0.2, 0.25) is 0 Å². The molecule has 1 aromatic carbocycles. The lowest BCUT2D eigenvalue weighted by Crippen LogP contribution is -2.14. The summed E-state index contributed by atoms with van der Waals surface area (Å²) in [5.41, 5.74) is 2.73. The van der Waals surface area contributed by atoms with Crippen LogP contribution in [-0.2, 0) is 11.3 Å². The maximum Gasteiger partial charge on any atom is 0.234 e. The van der Waals surface area contributed by atoms with E-state index >= 15 is 0 Å². The van der Waals surface area contributed by atoms with Crippen molar-refractivity contribution in [1.82, 2.24) is 19.7 Å². The highest BCUT2D eigenvalue weighted by atomic mass is 32.2. The molecule has 4 aromatic rings. The number of aryl methyl sites for hydroxylation is 1. The van der Waals surface area contributed by atoms with E-state index in [9.17, 15) is 4.79 Å². The number of amides is 1. The standard InChI is InChI=1S/C20H19N5O2S2/c1-3-25-19(17-5-4-10-27-17)23-24-20(25)29-12-18(26)22-15-8-6-14(7-9-15)16-11-28-13(2)21-16/h4-11H,3,12H2,1-2H3,(H,22,26). The molecule has 148 valence electrons. The van der Waals surface area contributed by atoms with Crippen LogP contribution in [0.15, 0.2) is 57.6 Å². The number of thiazole rings is 1. The van der Waals surface area contributed by atoms with Gasteiger partial charge in [-0.25, -0.2) is 4.98 Å². The number of rotatable bonds is 7. The highest BCUT2D eigenvalue weighted by Crippen LogP contribution is 2.25. The molecule has 4 rings (SSSR count). The van der Waals surface area contributed by atoms with Gasteiger partial charge in [-0.2, -0.15) is 0 Å². The molecule has 0 saturated carbocycles. The molecule has 1 N–H and O–H groups in total. The summed E-state index contributed by atoms with van der Waals surface area (Å²) in [5, 5.41) is 15.1. The number of carbonyl (C=O) groups is 1. The number of furan rings is 1. The molecule has 0 aliphatic rings. The van der Waals surface area contributed by atoms with Gasteiger partial charge in [-0.05, 0) is 38.1 Å². The second-order valence-electron chi connectivity index (χ2n) is 6.19. The van der Waals surface area contributed by atoms with E-state index in [0.29, 0.717) is 23.3 Å². The van der Waals surface area contributed by atoms with Crippen molar-refractivity contribution in [2.75, 3.05) is 11.1 Å². The van der Waals surface area contributed by atoms with E-state index in [1.807, 2.05) is 60.2 Å². The van der Waals surface area contributed by atoms with Crippen molar-refractivity contribution in [2.45, 2.75) is 25.5 Å². The first-order valence-electron chi connectivity index (χ1n) is 9.06. The highest BCUT2D eigenvalue weighted by molar-refractivity contribution is 7.99. The summed E-state index contributed by atoms with van der Waals surface area (Å²) in [7, 11) is 0. The minimum atomic E-state index is -0.0996. The average Bonchev–Trinajstić information content (AvgIpc) is 3.47. The third-order valence-corrected chi connectivity index (χ3v) is 5.93. The Hall–Kier alpha value is -2.91. The fourth-order valence-electron chi connectivity index (χ4n) is 2.82. The van der Waals surface area contributed by atoms with E-state index < -0.39 is 0 Å². The zero-order valence-corrected chi connectivity index (χ0v) is 17.6. The van der Waals surface area contributed by atoms with Gasteiger partial charge in [-0.3, -0.25) is 9.36 Å². The Kier molecular flexibility index (Phi) is 5.77. The van der Waals surface area contributed by atoms with E-state index in [1.54, 1.807) is 17.6 Å². The largest absolute Gasteiger partial charge is 0.461 e. The van der Waals surface area contributed by atoms with Gasteiger partial charge in [0.2, 0.25) is 5.91 Å². The van der Waals surface area contributed by atoms with Crippen LogP contribution in [0.4, 0.5) is 5.69 Å². The molecule has 0 bridgehead atoms. The molecule has 7 nitrogen and oxygen atoms in total. The summed E-state index contributed by atoms with van der Waals surface area (Å²) < 4.78 is 7.34. The number of nitrogens with zero attached hydrogens (tertiary/aromatic N) is 4. The summed E-state index contributed by atoms with van der Waals surface area (Å²) in [6, 6.07) is 11.3. The van der Waals surface area contributed by atoms with Gasteiger partial charge >= 0.3 is 0 Å². The van der Waals surface area contributed by atoms with Gasteiger partial charge in [0.15, 0.2) is 16.7 Å². The number of aromatic nitrogens is 4. The summed E-state index contributed by atoms with van der Waals surface area (Å²) in [6.45, 7) is 4.67. The number of thioether (sulfide) groups is 1. The van der Waals surface area contributed by atoms with Gasteiger partial charge in [-0.1, -0.05) is 23.9 Å². The average molecular weight is 426 g/mol. The van der Waals surface area contributed by atoms with Crippen molar-refractivity contribution < 1.29 is 9.21 Å². The van der Waals surface area contributed by atoms with Crippen molar-refractivity contribution in [1.29, 1.82) is 0 Å². The minimum Gasteiger partial charge on any atom is -0.461 e. The van der Waals surface area contributed by atoms with Crippen LogP contribution in [0.25, 0.3) is 22.8 Å². The summed E-state index contributed by atoms with van der Waals surface area (Å²) in [4.78, 5) is 16.8. The monoisotopic (exact) mass is 425 g/mol. The van der Waals surface area contributed by atoms with Gasteiger partial charge in [-0.15, -0.1) is 21.5 Å². The van der Waals surface area contributed by atoms with E-state index in [4.69, 9.17) is 4.42 Å². The van der Waals surface area contributed by atoms with Gasteiger partial charge in [0, 0.05) is 23.2 Å². The normalized spacial score (nSPS) is 11.0. The predicted molar refractivity (Wildman–Crippen MR) is 115 cm³/mol. The van der Waals surface area contributed by atoms with Crippen molar-refractivity contribution in [3.8, 4) is 22.8 Å². The molecule has 1 amide bonds. The van der Waals surface area contributed by atoms with Gasteiger partial charge in [0.05, 0.1) is 22.7 Å². The molecule has 0 atom stereocenters. The zero-order valence-electron chi connectivity index (χ0n) is 16.0. The molecule has 0 aliphatic heterocycles. The Balaban J connectivity index is 1.37. The summed E-state index contributed by atoms with van der Waals surface area (Å²) in [5.74, 6) is 1.46. The second-order valence-corrected chi connectivity index (χ2v) is 8.20. The lowest BCUT2D eigenvalue weighted by Gasteiger charge is -2.07. The molecule has 9 heteroatoms. The Labute approximate surface area is 176 Å². The predicted octanol–water partition coefficient (Wildman–Crippen LogP) is 4.72. The maximum atomic E-state index is 12.4. The third-order valence-electron chi connectivity index (χ3n) is 4.19. The topological polar surface area (TPSA) is 85.8 Å². The number of hydrogen-bond acceptors (Lipinski definition) is 7. The molecule has 3 aromatic heterocycles. The van der Waals surface area contributed by atoms with Crippen molar-refractivity contribution in [2.24, 2.45) is 0 Å². The Morgan fingerprint density at radius 1 is 1.24 bits per heavy atom. The van der Waals surface area contributed by atoms with Crippen molar-refractivity contribution >= 4 is 34.7 Å². The molecule has 0 fully saturated rings. The molecule has 0 aliphatic carbocycles. The van der Waals surface area contributed by atoms with Crippen molar-refractivity contribution in [3.05, 3.63) is 53.0 Å². The first-order chi connectivity index (χ1) is 14.1. The first kappa shape index (κ1) is 19.4. The van der Waals surface area contributed by atoms with Gasteiger partial charge in [0.1, 0.15) is 0 Å². The van der Waals surface area contributed by atoms with Crippen molar-refractivity contribution in [3.63, 3.8) is 0 Å². The molecule has 0 unspecified atom stereocenters. The second kappa shape index (κ2) is 8.62. The number of carbonyl (C=O) groups excluding carboxylic acids is 1. The number of nitrogens with one attached hydrogen (secondary N) is 1. The Morgan fingerprint density at radius 2 is 2.07 bits per heavy atom. The van der Waals surface area contributed by atoms with Crippen LogP contribution in [0.1, 0.15) is 11.9 Å². The Bertz CT molecular complexity index is 1100. The van der Waals surface area contributed by atoms with Crippen LogP contribution in [0, 0.1) is 6.92 Å². The SMILES string of the molecule is CCn1c(SCC(=O)Nc2ccc(-c3csc(C)n3)cc2)nnc1-c1ccco1. The smallest absolute Gasteiger partial charge is 0.234 e. The summed E-state index contributed by atoms with van der Waals surface area (Å²) in [6.07, 6.45) is 1.60.